The summed E-state index contributed by atoms with van der Waals surface area (Å²) in [7, 11) is 1.58. The van der Waals surface area contributed by atoms with Gasteiger partial charge in [-0.3, -0.25) is 4.79 Å². The number of furan rings is 1. The quantitative estimate of drug-likeness (QED) is 0.850. The lowest BCUT2D eigenvalue weighted by atomic mass is 10.2. The van der Waals surface area contributed by atoms with Crippen LogP contribution in [0.5, 0.6) is 0 Å². The summed E-state index contributed by atoms with van der Waals surface area (Å²) in [6.45, 7) is 2.93. The number of aromatic nitrogens is 1. The minimum absolute atomic E-state index is 0.107. The number of nitrogens with zero attached hydrogens (tertiary/aromatic N) is 4. The van der Waals surface area contributed by atoms with Gasteiger partial charge in [-0.1, -0.05) is 0 Å². The van der Waals surface area contributed by atoms with Gasteiger partial charge in [-0.25, -0.2) is 4.98 Å². The first-order valence-corrected chi connectivity index (χ1v) is 7.69. The van der Waals surface area contributed by atoms with Gasteiger partial charge in [0.1, 0.15) is 24.3 Å². The molecular weight excluding hydrogens is 308 g/mol. The highest BCUT2D eigenvalue weighted by molar-refractivity contribution is 5.91. The van der Waals surface area contributed by atoms with Crippen molar-refractivity contribution in [1.82, 2.24) is 9.88 Å². The summed E-state index contributed by atoms with van der Waals surface area (Å²) in [5.41, 5.74) is 0.539. The van der Waals surface area contributed by atoms with Crippen molar-refractivity contribution < 1.29 is 13.9 Å². The molecule has 1 fully saturated rings. The molecule has 1 aliphatic rings. The van der Waals surface area contributed by atoms with E-state index in [-0.39, 0.29) is 5.91 Å². The summed E-state index contributed by atoms with van der Waals surface area (Å²) in [6, 6.07) is 9.08. The van der Waals surface area contributed by atoms with Crippen LogP contribution in [0, 0.1) is 11.3 Å². The molecule has 0 N–H and O–H groups in total. The number of nitriles is 1. The molecule has 3 rings (SSSR count). The zero-order valence-corrected chi connectivity index (χ0v) is 13.4. The minimum atomic E-state index is -0.107. The summed E-state index contributed by atoms with van der Waals surface area (Å²) >= 11 is 0. The molecule has 1 saturated heterocycles. The number of methoxy groups -OCH3 is 1. The highest BCUT2D eigenvalue weighted by Crippen LogP contribution is 2.17. The van der Waals surface area contributed by atoms with Gasteiger partial charge >= 0.3 is 0 Å². The van der Waals surface area contributed by atoms with E-state index < -0.39 is 0 Å². The second kappa shape index (κ2) is 7.15. The van der Waals surface area contributed by atoms with E-state index in [0.717, 1.165) is 5.82 Å². The third-order valence-electron chi connectivity index (χ3n) is 3.93. The van der Waals surface area contributed by atoms with Gasteiger partial charge in [0.2, 0.25) is 0 Å². The van der Waals surface area contributed by atoms with Crippen molar-refractivity contribution in [2.24, 2.45) is 0 Å². The van der Waals surface area contributed by atoms with Crippen LogP contribution in [0.3, 0.4) is 0 Å². The number of ether oxygens (including phenoxy) is 1. The van der Waals surface area contributed by atoms with Gasteiger partial charge < -0.3 is 19.0 Å². The maximum Gasteiger partial charge on any atom is 0.289 e. The van der Waals surface area contributed by atoms with E-state index in [1.165, 1.54) is 0 Å². The third kappa shape index (κ3) is 3.39. The molecule has 1 amide bonds. The normalized spacial score (nSPS) is 14.5. The fourth-order valence-corrected chi connectivity index (χ4v) is 2.65. The molecule has 0 atom stereocenters. The summed E-state index contributed by atoms with van der Waals surface area (Å²) in [5.74, 6) is 1.69. The predicted octanol–water partition coefficient (Wildman–Crippen LogP) is 1.66. The highest BCUT2D eigenvalue weighted by Gasteiger charge is 2.24. The maximum absolute atomic E-state index is 12.5. The first-order valence-electron chi connectivity index (χ1n) is 7.69. The molecule has 24 heavy (non-hydrogen) atoms. The lowest BCUT2D eigenvalue weighted by molar-refractivity contribution is 0.0707. The number of carbonyl (C=O) groups excluding carboxylic acids is 1. The lowest BCUT2D eigenvalue weighted by Gasteiger charge is -2.35. The number of hydrogen-bond acceptors (Lipinski definition) is 6. The van der Waals surface area contributed by atoms with Crippen LogP contribution in [0.2, 0.25) is 0 Å². The van der Waals surface area contributed by atoms with Gasteiger partial charge in [-0.2, -0.15) is 5.26 Å². The summed E-state index contributed by atoms with van der Waals surface area (Å²) in [5, 5.41) is 8.81. The van der Waals surface area contributed by atoms with Crippen molar-refractivity contribution in [3.8, 4) is 6.07 Å². The van der Waals surface area contributed by atoms with E-state index in [1.54, 1.807) is 36.4 Å². The fraction of sp³-hybridized carbons (Fsp3) is 0.353. The number of amides is 1. The molecule has 0 aromatic carbocycles. The van der Waals surface area contributed by atoms with Crippen LogP contribution in [0.25, 0.3) is 0 Å². The van der Waals surface area contributed by atoms with Crippen molar-refractivity contribution in [1.29, 1.82) is 5.26 Å². The highest BCUT2D eigenvalue weighted by atomic mass is 16.5. The monoisotopic (exact) mass is 326 g/mol. The first-order chi connectivity index (χ1) is 11.7. The molecule has 0 bridgehead atoms. The van der Waals surface area contributed by atoms with E-state index in [0.29, 0.717) is 49.9 Å². The standard InChI is InChI=1S/C17H18N4O3/c1-23-12-14-3-4-15(24-14)17(22)21-8-6-20(7-9-21)16-5-2-13(10-18)11-19-16/h2-5,11H,6-9,12H2,1H3. The Kier molecular flexibility index (Phi) is 4.77. The van der Waals surface area contributed by atoms with Crippen LogP contribution in [0.1, 0.15) is 21.9 Å². The van der Waals surface area contributed by atoms with E-state index in [2.05, 4.69) is 16.0 Å². The van der Waals surface area contributed by atoms with Gasteiger partial charge in [0.05, 0.1) is 5.56 Å². The number of carbonyl (C=O) groups is 1. The molecule has 2 aromatic rings. The average Bonchev–Trinajstić information content (AvgIpc) is 3.10. The van der Waals surface area contributed by atoms with E-state index >= 15 is 0 Å². The zero-order chi connectivity index (χ0) is 16.9. The number of rotatable bonds is 4. The molecule has 124 valence electrons. The summed E-state index contributed by atoms with van der Waals surface area (Å²) in [6.07, 6.45) is 1.56. The van der Waals surface area contributed by atoms with Crippen LogP contribution < -0.4 is 4.90 Å². The number of piperazine rings is 1. The zero-order valence-electron chi connectivity index (χ0n) is 13.4. The second-order valence-corrected chi connectivity index (χ2v) is 5.50. The smallest absolute Gasteiger partial charge is 0.289 e. The fourth-order valence-electron chi connectivity index (χ4n) is 2.65. The average molecular weight is 326 g/mol. The molecule has 3 heterocycles. The number of hydrogen-bond donors (Lipinski definition) is 0. The Morgan fingerprint density at radius 2 is 2.08 bits per heavy atom. The Labute approximate surface area is 140 Å². The molecule has 0 saturated carbocycles. The van der Waals surface area contributed by atoms with Crippen LogP contribution >= 0.6 is 0 Å². The van der Waals surface area contributed by atoms with Gasteiger partial charge in [0.15, 0.2) is 5.76 Å². The van der Waals surface area contributed by atoms with Crippen LogP contribution in [-0.2, 0) is 11.3 Å². The number of pyridine rings is 1. The van der Waals surface area contributed by atoms with E-state index in [9.17, 15) is 4.79 Å². The Bertz CT molecular complexity index is 740. The van der Waals surface area contributed by atoms with Crippen LogP contribution in [0.15, 0.2) is 34.9 Å². The van der Waals surface area contributed by atoms with Gasteiger partial charge in [0.25, 0.3) is 5.91 Å². The third-order valence-corrected chi connectivity index (χ3v) is 3.93. The van der Waals surface area contributed by atoms with Crippen molar-refractivity contribution >= 4 is 11.7 Å². The summed E-state index contributed by atoms with van der Waals surface area (Å²) < 4.78 is 10.5. The Hall–Kier alpha value is -2.85. The maximum atomic E-state index is 12.5. The molecule has 0 spiro atoms. The van der Waals surface area contributed by atoms with Crippen molar-refractivity contribution in [2.75, 3.05) is 38.2 Å². The number of anilines is 1. The molecule has 0 unspecified atom stereocenters. The van der Waals surface area contributed by atoms with Crippen molar-refractivity contribution in [3.05, 3.63) is 47.5 Å². The van der Waals surface area contributed by atoms with Crippen molar-refractivity contribution in [3.63, 3.8) is 0 Å². The van der Waals surface area contributed by atoms with Gasteiger partial charge in [0, 0.05) is 39.5 Å². The summed E-state index contributed by atoms with van der Waals surface area (Å²) in [4.78, 5) is 20.6. The van der Waals surface area contributed by atoms with Gasteiger partial charge in [-0.15, -0.1) is 0 Å². The Morgan fingerprint density at radius 3 is 2.71 bits per heavy atom. The molecular formula is C17H18N4O3. The lowest BCUT2D eigenvalue weighted by Crippen LogP contribution is -2.49. The Balaban J connectivity index is 1.59. The van der Waals surface area contributed by atoms with Crippen LogP contribution in [-0.4, -0.2) is 49.1 Å². The Morgan fingerprint density at radius 1 is 1.29 bits per heavy atom. The first kappa shape index (κ1) is 16.0. The minimum Gasteiger partial charge on any atom is -0.453 e. The predicted molar refractivity (Wildman–Crippen MR) is 86.5 cm³/mol. The molecule has 0 aliphatic carbocycles. The second-order valence-electron chi connectivity index (χ2n) is 5.50. The van der Waals surface area contributed by atoms with E-state index in [4.69, 9.17) is 14.4 Å². The topological polar surface area (TPSA) is 82.6 Å². The molecule has 2 aromatic heterocycles. The van der Waals surface area contributed by atoms with Crippen molar-refractivity contribution in [2.45, 2.75) is 6.61 Å². The molecule has 7 nitrogen and oxygen atoms in total. The van der Waals surface area contributed by atoms with Gasteiger partial charge in [-0.05, 0) is 24.3 Å². The largest absolute Gasteiger partial charge is 0.453 e. The van der Waals surface area contributed by atoms with E-state index in [1.807, 2.05) is 6.07 Å². The molecule has 0 radical (unpaired) electrons. The van der Waals surface area contributed by atoms with Crippen LogP contribution in [0.4, 0.5) is 5.82 Å². The molecule has 1 aliphatic heterocycles. The molecule has 7 heteroatoms. The SMILES string of the molecule is COCc1ccc(C(=O)N2CCN(c3ccc(C#N)cn3)CC2)o1.